The van der Waals surface area contributed by atoms with Gasteiger partial charge in [-0.3, -0.25) is 4.79 Å². The van der Waals surface area contributed by atoms with Gasteiger partial charge in [-0.05, 0) is 20.3 Å². The Morgan fingerprint density at radius 1 is 1.45 bits per heavy atom. The van der Waals surface area contributed by atoms with E-state index in [1.807, 2.05) is 0 Å². The fraction of sp³-hybridized carbons (Fsp3) is 0.667. The van der Waals surface area contributed by atoms with Crippen LogP contribution in [0.2, 0.25) is 0 Å². The van der Waals surface area contributed by atoms with E-state index in [0.717, 1.165) is 0 Å². The van der Waals surface area contributed by atoms with Gasteiger partial charge in [-0.25, -0.2) is 0 Å². The molecular weight excluding hydrogens is 140 g/mol. The van der Waals surface area contributed by atoms with Gasteiger partial charge in [0.1, 0.15) is 0 Å². The van der Waals surface area contributed by atoms with Gasteiger partial charge < -0.3 is 5.11 Å². The van der Waals surface area contributed by atoms with Gasteiger partial charge >= 0.3 is 5.97 Å². The van der Waals surface area contributed by atoms with Crippen LogP contribution in [0.1, 0.15) is 41.0 Å². The molecular formula is C9H18O2. The van der Waals surface area contributed by atoms with E-state index in [9.17, 15) is 4.79 Å². The van der Waals surface area contributed by atoms with E-state index < -0.39 is 5.97 Å². The Morgan fingerprint density at radius 2 is 1.64 bits per heavy atom. The maximum Gasteiger partial charge on any atom is 0.303 e. The standard InChI is InChI=1S/C5H8.C3H6O2.CH4/c1-4-3-5(4)2;1-2-3(4)5;/h3H2,1-2H3;2H2,1H3,(H,4,5);1H4. The molecule has 0 saturated carbocycles. The van der Waals surface area contributed by atoms with E-state index in [4.69, 9.17) is 5.11 Å². The molecule has 1 N–H and O–H groups in total. The zero-order valence-corrected chi connectivity index (χ0v) is 6.77. The summed E-state index contributed by atoms with van der Waals surface area (Å²) in [5.74, 6) is -0.745. The van der Waals surface area contributed by atoms with Crippen LogP contribution in [0.4, 0.5) is 0 Å². The average molecular weight is 158 g/mol. The van der Waals surface area contributed by atoms with Crippen LogP contribution in [0.5, 0.6) is 0 Å². The van der Waals surface area contributed by atoms with E-state index in [-0.39, 0.29) is 13.8 Å². The Hall–Kier alpha value is -0.790. The van der Waals surface area contributed by atoms with Gasteiger partial charge in [0.25, 0.3) is 0 Å². The van der Waals surface area contributed by atoms with Gasteiger partial charge in [0.15, 0.2) is 0 Å². The summed E-state index contributed by atoms with van der Waals surface area (Å²) in [6.45, 7) is 5.95. The first-order chi connectivity index (χ1) is 4.57. The topological polar surface area (TPSA) is 37.3 Å². The quantitative estimate of drug-likeness (QED) is 0.596. The molecule has 0 aromatic rings. The number of carbonyl (C=O) groups is 1. The van der Waals surface area contributed by atoms with E-state index >= 15 is 0 Å². The van der Waals surface area contributed by atoms with Crippen molar-refractivity contribution in [2.75, 3.05) is 0 Å². The lowest BCUT2D eigenvalue weighted by Crippen LogP contribution is -1.86. The molecule has 2 heteroatoms. The molecule has 0 fully saturated rings. The van der Waals surface area contributed by atoms with Crippen molar-refractivity contribution in [2.24, 2.45) is 0 Å². The summed E-state index contributed by atoms with van der Waals surface area (Å²) in [7, 11) is 0. The lowest BCUT2D eigenvalue weighted by atomic mass is 10.5. The first-order valence-electron chi connectivity index (χ1n) is 3.45. The molecule has 0 amide bonds. The van der Waals surface area contributed by atoms with Crippen LogP contribution in [0, 0.1) is 0 Å². The third-order valence-electron chi connectivity index (χ3n) is 1.44. The first-order valence-corrected chi connectivity index (χ1v) is 3.45. The predicted octanol–water partition coefficient (Wildman–Crippen LogP) is 2.84. The van der Waals surface area contributed by atoms with Crippen molar-refractivity contribution in [3.63, 3.8) is 0 Å². The second-order valence-electron chi connectivity index (χ2n) is 2.48. The highest BCUT2D eigenvalue weighted by atomic mass is 16.4. The Kier molecular flexibility index (Phi) is 6.96. The van der Waals surface area contributed by atoms with Crippen molar-refractivity contribution in [3.05, 3.63) is 11.1 Å². The normalized spacial score (nSPS) is 12.6. The number of aliphatic carboxylic acids is 1. The van der Waals surface area contributed by atoms with Gasteiger partial charge in [-0.1, -0.05) is 25.5 Å². The summed E-state index contributed by atoms with van der Waals surface area (Å²) in [5.41, 5.74) is 3.18. The largest absolute Gasteiger partial charge is 0.481 e. The van der Waals surface area contributed by atoms with Crippen molar-refractivity contribution >= 4 is 5.97 Å². The van der Waals surface area contributed by atoms with Crippen molar-refractivity contribution in [1.29, 1.82) is 0 Å². The Balaban J connectivity index is 0. The lowest BCUT2D eigenvalue weighted by Gasteiger charge is -1.71. The van der Waals surface area contributed by atoms with Crippen LogP contribution in [0.15, 0.2) is 11.1 Å². The molecule has 0 aromatic heterocycles. The maximum atomic E-state index is 9.37. The highest BCUT2D eigenvalue weighted by molar-refractivity contribution is 5.66. The van der Waals surface area contributed by atoms with Crippen LogP contribution in [-0.2, 0) is 4.79 Å². The van der Waals surface area contributed by atoms with Crippen LogP contribution in [0.3, 0.4) is 0 Å². The lowest BCUT2D eigenvalue weighted by molar-refractivity contribution is -0.136. The molecule has 0 radical (unpaired) electrons. The molecule has 2 nitrogen and oxygen atoms in total. The first kappa shape index (κ1) is 12.8. The van der Waals surface area contributed by atoms with Crippen molar-refractivity contribution in [3.8, 4) is 0 Å². The molecule has 0 atom stereocenters. The second kappa shape index (κ2) is 5.96. The summed E-state index contributed by atoms with van der Waals surface area (Å²) in [6, 6.07) is 0. The van der Waals surface area contributed by atoms with Gasteiger partial charge in [0.2, 0.25) is 0 Å². The molecule has 0 heterocycles. The van der Waals surface area contributed by atoms with E-state index in [0.29, 0.717) is 0 Å². The molecule has 1 aliphatic rings. The van der Waals surface area contributed by atoms with Gasteiger partial charge in [-0.2, -0.15) is 0 Å². The molecule has 11 heavy (non-hydrogen) atoms. The van der Waals surface area contributed by atoms with Gasteiger partial charge in [0.05, 0.1) is 0 Å². The highest BCUT2D eigenvalue weighted by Crippen LogP contribution is 2.27. The fourth-order valence-electron chi connectivity index (χ4n) is 0.354. The van der Waals surface area contributed by atoms with Crippen LogP contribution in [0.25, 0.3) is 0 Å². The highest BCUT2D eigenvalue weighted by Gasteiger charge is 2.07. The van der Waals surface area contributed by atoms with Crippen molar-refractivity contribution < 1.29 is 9.90 Å². The maximum absolute atomic E-state index is 9.37. The number of carboxylic acids is 1. The molecule has 0 aromatic carbocycles. The number of allylic oxidation sites excluding steroid dienone is 2. The summed E-state index contributed by atoms with van der Waals surface area (Å²) in [6.07, 6.45) is 1.53. The minimum absolute atomic E-state index is 0. The second-order valence-corrected chi connectivity index (χ2v) is 2.48. The Bertz CT molecular complexity index is 147. The van der Waals surface area contributed by atoms with Gasteiger partial charge in [0, 0.05) is 6.42 Å². The van der Waals surface area contributed by atoms with Crippen LogP contribution < -0.4 is 0 Å². The minimum Gasteiger partial charge on any atom is -0.481 e. The Labute approximate surface area is 68.9 Å². The monoisotopic (exact) mass is 158 g/mol. The van der Waals surface area contributed by atoms with Gasteiger partial charge in [-0.15, -0.1) is 0 Å². The minimum atomic E-state index is -0.745. The molecule has 0 aliphatic heterocycles. The summed E-state index contributed by atoms with van der Waals surface area (Å²) >= 11 is 0. The van der Waals surface area contributed by atoms with Crippen LogP contribution >= 0.6 is 0 Å². The fourth-order valence-corrected chi connectivity index (χ4v) is 0.354. The number of hydrogen-bond donors (Lipinski definition) is 1. The number of carboxylic acid groups (broad SMARTS) is 1. The van der Waals surface area contributed by atoms with Crippen molar-refractivity contribution in [1.82, 2.24) is 0 Å². The molecule has 1 rings (SSSR count). The van der Waals surface area contributed by atoms with Crippen LogP contribution in [-0.4, -0.2) is 11.1 Å². The zero-order chi connectivity index (χ0) is 8.15. The average Bonchev–Trinajstić information content (AvgIpc) is 2.47. The summed E-state index contributed by atoms with van der Waals surface area (Å²) < 4.78 is 0. The zero-order valence-electron chi connectivity index (χ0n) is 6.77. The third-order valence-corrected chi connectivity index (χ3v) is 1.44. The SMILES string of the molecule is C.CC1=C(C)C1.CCC(=O)O. The molecule has 0 bridgehead atoms. The number of hydrogen-bond acceptors (Lipinski definition) is 1. The summed E-state index contributed by atoms with van der Waals surface area (Å²) in [5, 5.41) is 7.72. The predicted molar refractivity (Wildman–Crippen MR) is 47.6 cm³/mol. The van der Waals surface area contributed by atoms with E-state index in [2.05, 4.69) is 13.8 Å². The molecule has 0 unspecified atom stereocenters. The Morgan fingerprint density at radius 3 is 1.64 bits per heavy atom. The molecule has 0 saturated heterocycles. The number of rotatable bonds is 1. The molecule has 66 valence electrons. The van der Waals surface area contributed by atoms with E-state index in [1.54, 1.807) is 18.1 Å². The smallest absolute Gasteiger partial charge is 0.303 e. The van der Waals surface area contributed by atoms with Crippen molar-refractivity contribution in [2.45, 2.75) is 41.0 Å². The molecule has 0 spiro atoms. The molecule has 1 aliphatic carbocycles. The third kappa shape index (κ3) is 9.21. The summed E-state index contributed by atoms with van der Waals surface area (Å²) in [4.78, 5) is 9.37. The van der Waals surface area contributed by atoms with E-state index in [1.165, 1.54) is 6.42 Å².